The highest BCUT2D eigenvalue weighted by atomic mass is 32.1. The maximum absolute atomic E-state index is 12.7. The van der Waals surface area contributed by atoms with Gasteiger partial charge in [0.1, 0.15) is 5.00 Å². The Morgan fingerprint density at radius 2 is 1.91 bits per heavy atom. The number of aryl methyl sites for hydroxylation is 1. The van der Waals surface area contributed by atoms with Crippen LogP contribution in [0.4, 0.5) is 5.00 Å². The quantitative estimate of drug-likeness (QED) is 0.795. The molecule has 0 aliphatic carbocycles. The Morgan fingerprint density at radius 3 is 2.43 bits per heavy atom. The summed E-state index contributed by atoms with van der Waals surface area (Å²) in [7, 11) is 0. The van der Waals surface area contributed by atoms with Gasteiger partial charge in [0.25, 0.3) is 5.91 Å². The molecule has 2 aromatic rings. The van der Waals surface area contributed by atoms with Gasteiger partial charge in [-0.2, -0.15) is 0 Å². The number of thiophene rings is 1. The number of benzene rings is 1. The third kappa shape index (κ3) is 3.43. The van der Waals surface area contributed by atoms with Crippen molar-refractivity contribution in [2.45, 2.75) is 26.7 Å². The molecule has 0 saturated carbocycles. The Hall–Kier alpha value is -2.18. The summed E-state index contributed by atoms with van der Waals surface area (Å²) < 4.78 is 0. The molecule has 6 heteroatoms. The molecule has 1 aromatic heterocycles. The van der Waals surface area contributed by atoms with Crippen LogP contribution in [-0.4, -0.2) is 23.7 Å². The number of hydrogen-bond donors (Lipinski definition) is 2. The Labute approximate surface area is 139 Å². The highest BCUT2D eigenvalue weighted by Crippen LogP contribution is 2.37. The van der Waals surface area contributed by atoms with Crippen LogP contribution >= 0.6 is 11.3 Å². The van der Waals surface area contributed by atoms with Gasteiger partial charge in [-0.15, -0.1) is 11.3 Å². The first-order chi connectivity index (χ1) is 11.0. The van der Waals surface area contributed by atoms with Crippen LogP contribution in [0.15, 0.2) is 30.3 Å². The molecule has 3 N–H and O–H groups in total. The van der Waals surface area contributed by atoms with Crippen LogP contribution < -0.4 is 10.6 Å². The molecule has 0 bridgehead atoms. The number of carbonyl (C=O) groups excluding carboxylic acids is 1. The van der Waals surface area contributed by atoms with E-state index in [0.717, 1.165) is 23.3 Å². The molecule has 0 atom stereocenters. The number of hydrogen-bond acceptors (Lipinski definition) is 4. The largest absolute Gasteiger partial charge is 0.478 e. The summed E-state index contributed by atoms with van der Waals surface area (Å²) in [5.74, 6) is -1.32. The van der Waals surface area contributed by atoms with Crippen LogP contribution in [0.5, 0.6) is 0 Å². The molecule has 0 saturated heterocycles. The molecule has 122 valence electrons. The molecule has 0 radical (unpaired) electrons. The SMILES string of the molecule is CCCc1sc(N(CN)C(=O)c2ccccc2)c(C(=O)O)c1C. The second kappa shape index (κ2) is 7.39. The van der Waals surface area contributed by atoms with Gasteiger partial charge in [0.15, 0.2) is 0 Å². The Bertz CT molecular complexity index is 710. The monoisotopic (exact) mass is 332 g/mol. The van der Waals surface area contributed by atoms with Gasteiger partial charge < -0.3 is 10.8 Å². The highest BCUT2D eigenvalue weighted by molar-refractivity contribution is 7.17. The summed E-state index contributed by atoms with van der Waals surface area (Å²) in [6.45, 7) is 3.75. The third-order valence-electron chi connectivity index (χ3n) is 3.61. The summed E-state index contributed by atoms with van der Waals surface area (Å²) in [6.07, 6.45) is 1.70. The van der Waals surface area contributed by atoms with E-state index in [1.807, 2.05) is 13.0 Å². The molecule has 1 heterocycles. The van der Waals surface area contributed by atoms with Gasteiger partial charge in [0, 0.05) is 10.4 Å². The van der Waals surface area contributed by atoms with Crippen molar-refractivity contribution in [2.75, 3.05) is 11.6 Å². The van der Waals surface area contributed by atoms with Gasteiger partial charge in [-0.3, -0.25) is 9.69 Å². The zero-order chi connectivity index (χ0) is 17.0. The summed E-state index contributed by atoms with van der Waals surface area (Å²) in [6, 6.07) is 8.74. The topological polar surface area (TPSA) is 83.6 Å². The Morgan fingerprint density at radius 1 is 1.26 bits per heavy atom. The van der Waals surface area contributed by atoms with Crippen molar-refractivity contribution >= 4 is 28.2 Å². The first-order valence-corrected chi connectivity index (χ1v) is 8.25. The van der Waals surface area contributed by atoms with Crippen molar-refractivity contribution in [3.05, 3.63) is 51.9 Å². The first-order valence-electron chi connectivity index (χ1n) is 7.43. The van der Waals surface area contributed by atoms with E-state index in [1.165, 1.54) is 16.2 Å². The smallest absolute Gasteiger partial charge is 0.339 e. The van der Waals surface area contributed by atoms with E-state index in [9.17, 15) is 14.7 Å². The fourth-order valence-corrected chi connectivity index (χ4v) is 3.85. The molecule has 2 rings (SSSR count). The van der Waals surface area contributed by atoms with Crippen molar-refractivity contribution in [2.24, 2.45) is 5.73 Å². The number of carboxylic acids is 1. The van der Waals surface area contributed by atoms with Crippen LogP contribution in [-0.2, 0) is 6.42 Å². The van der Waals surface area contributed by atoms with Gasteiger partial charge >= 0.3 is 5.97 Å². The van der Waals surface area contributed by atoms with Gasteiger partial charge in [0.2, 0.25) is 0 Å². The number of nitrogens with two attached hydrogens (primary N) is 1. The van der Waals surface area contributed by atoms with Crippen molar-refractivity contribution in [1.29, 1.82) is 0 Å². The fraction of sp³-hybridized carbons (Fsp3) is 0.294. The average Bonchev–Trinajstić information content (AvgIpc) is 2.86. The van der Waals surface area contributed by atoms with E-state index in [4.69, 9.17) is 5.73 Å². The van der Waals surface area contributed by atoms with Gasteiger partial charge in [0.05, 0.1) is 12.2 Å². The molecule has 0 aliphatic rings. The van der Waals surface area contributed by atoms with Crippen LogP contribution in [0, 0.1) is 6.92 Å². The van der Waals surface area contributed by atoms with Crippen molar-refractivity contribution in [1.82, 2.24) is 0 Å². The molecule has 0 spiro atoms. The Balaban J connectivity index is 2.51. The minimum absolute atomic E-state index is 0.0699. The molecule has 0 aliphatic heterocycles. The summed E-state index contributed by atoms with van der Waals surface area (Å²) in [4.78, 5) is 26.7. The molecule has 5 nitrogen and oxygen atoms in total. The normalized spacial score (nSPS) is 10.6. The molecule has 1 aromatic carbocycles. The maximum Gasteiger partial charge on any atom is 0.339 e. The lowest BCUT2D eigenvalue weighted by Crippen LogP contribution is -2.36. The summed E-state index contributed by atoms with van der Waals surface area (Å²) >= 11 is 1.34. The lowest BCUT2D eigenvalue weighted by Gasteiger charge is -2.20. The van der Waals surface area contributed by atoms with Crippen LogP contribution in [0.2, 0.25) is 0 Å². The van der Waals surface area contributed by atoms with Crippen molar-refractivity contribution in [3.63, 3.8) is 0 Å². The second-order valence-electron chi connectivity index (χ2n) is 5.17. The molecule has 0 unspecified atom stereocenters. The number of carbonyl (C=O) groups is 2. The van der Waals surface area contributed by atoms with E-state index in [0.29, 0.717) is 10.6 Å². The van der Waals surface area contributed by atoms with E-state index in [-0.39, 0.29) is 18.1 Å². The summed E-state index contributed by atoms with van der Waals surface area (Å²) in [5.41, 5.74) is 7.14. The lowest BCUT2D eigenvalue weighted by atomic mass is 10.1. The molecule has 1 amide bonds. The van der Waals surface area contributed by atoms with Crippen LogP contribution in [0.1, 0.15) is 44.5 Å². The van der Waals surface area contributed by atoms with Crippen LogP contribution in [0.25, 0.3) is 0 Å². The zero-order valence-corrected chi connectivity index (χ0v) is 14.0. The summed E-state index contributed by atoms with van der Waals surface area (Å²) in [5, 5.41) is 9.96. The highest BCUT2D eigenvalue weighted by Gasteiger charge is 2.27. The van der Waals surface area contributed by atoms with Gasteiger partial charge in [-0.25, -0.2) is 4.79 Å². The second-order valence-corrected chi connectivity index (χ2v) is 6.25. The molecule has 0 fully saturated rings. The van der Waals surface area contributed by atoms with Crippen molar-refractivity contribution < 1.29 is 14.7 Å². The van der Waals surface area contributed by atoms with Crippen LogP contribution in [0.3, 0.4) is 0 Å². The van der Waals surface area contributed by atoms with E-state index >= 15 is 0 Å². The molecular formula is C17H20N2O3S. The fourth-order valence-electron chi connectivity index (χ4n) is 2.45. The van der Waals surface area contributed by atoms with Gasteiger partial charge in [-0.05, 0) is 31.0 Å². The van der Waals surface area contributed by atoms with E-state index in [1.54, 1.807) is 31.2 Å². The third-order valence-corrected chi connectivity index (χ3v) is 4.99. The molecule has 23 heavy (non-hydrogen) atoms. The number of amides is 1. The number of anilines is 1. The van der Waals surface area contributed by atoms with E-state index < -0.39 is 5.97 Å². The number of carboxylic acid groups (broad SMARTS) is 1. The standard InChI is InChI=1S/C17H20N2O3S/c1-3-7-13-11(2)14(17(21)22)16(23-13)19(10-18)15(20)12-8-5-4-6-9-12/h4-6,8-9H,3,7,10,18H2,1-2H3,(H,21,22). The lowest BCUT2D eigenvalue weighted by molar-refractivity contribution is 0.0697. The number of aromatic carboxylic acids is 1. The predicted octanol–water partition coefficient (Wildman–Crippen LogP) is 3.27. The minimum Gasteiger partial charge on any atom is -0.478 e. The number of nitrogens with zero attached hydrogens (tertiary/aromatic N) is 1. The Kier molecular flexibility index (Phi) is 5.52. The van der Waals surface area contributed by atoms with E-state index in [2.05, 4.69) is 0 Å². The zero-order valence-electron chi connectivity index (χ0n) is 13.2. The average molecular weight is 332 g/mol. The van der Waals surface area contributed by atoms with Gasteiger partial charge in [-0.1, -0.05) is 31.5 Å². The maximum atomic E-state index is 12.7. The molecular weight excluding hydrogens is 312 g/mol. The van der Waals surface area contributed by atoms with Crippen molar-refractivity contribution in [3.8, 4) is 0 Å². The minimum atomic E-state index is -1.03. The first kappa shape index (κ1) is 17.2. The predicted molar refractivity (Wildman–Crippen MR) is 92.3 cm³/mol. The number of rotatable bonds is 6.